The molecule has 2 aromatic rings. The van der Waals surface area contributed by atoms with Crippen LogP contribution < -0.4 is 10.1 Å². The third kappa shape index (κ3) is 5.10. The number of benzene rings is 2. The predicted octanol–water partition coefficient (Wildman–Crippen LogP) is 4.12. The molecule has 2 atom stereocenters. The van der Waals surface area contributed by atoms with Crippen molar-refractivity contribution >= 4 is 11.7 Å². The Morgan fingerprint density at radius 3 is 2.58 bits per heavy atom. The molecule has 0 spiro atoms. The van der Waals surface area contributed by atoms with E-state index in [9.17, 15) is 18.4 Å². The Hall–Kier alpha value is -2.80. The molecule has 164 valence electrons. The van der Waals surface area contributed by atoms with Crippen LogP contribution in [0.3, 0.4) is 0 Å². The second-order valence-corrected chi connectivity index (χ2v) is 8.52. The smallest absolute Gasteiger partial charge is 0.255 e. The van der Waals surface area contributed by atoms with Crippen LogP contribution in [0.5, 0.6) is 5.75 Å². The summed E-state index contributed by atoms with van der Waals surface area (Å²) in [6.07, 6.45) is -0.126. The maximum atomic E-state index is 13.0. The van der Waals surface area contributed by atoms with E-state index in [0.29, 0.717) is 30.9 Å². The van der Waals surface area contributed by atoms with E-state index in [0.717, 1.165) is 16.7 Å². The number of amides is 1. The monoisotopic (exact) mass is 428 g/mol. The molecule has 5 nitrogen and oxygen atoms in total. The Kier molecular flexibility index (Phi) is 5.79. The number of hydrogen-bond acceptors (Lipinski definition) is 4. The van der Waals surface area contributed by atoms with Crippen molar-refractivity contribution in [2.75, 3.05) is 13.2 Å². The molecule has 1 saturated carbocycles. The topological polar surface area (TPSA) is 58.6 Å². The van der Waals surface area contributed by atoms with Gasteiger partial charge in [-0.3, -0.25) is 14.5 Å². The first-order valence-electron chi connectivity index (χ1n) is 10.5. The highest BCUT2D eigenvalue weighted by molar-refractivity contribution is 6.00. The molecule has 2 aromatic carbocycles. The average Bonchev–Trinajstić information content (AvgIpc) is 3.33. The summed E-state index contributed by atoms with van der Waals surface area (Å²) >= 11 is 0. The average molecular weight is 428 g/mol. The number of halogens is 2. The van der Waals surface area contributed by atoms with Crippen molar-refractivity contribution in [1.29, 1.82) is 0 Å². The maximum absolute atomic E-state index is 13.0. The molecule has 1 unspecified atom stereocenters. The van der Waals surface area contributed by atoms with E-state index in [1.54, 1.807) is 12.1 Å². The van der Waals surface area contributed by atoms with Gasteiger partial charge >= 0.3 is 0 Å². The van der Waals surface area contributed by atoms with Gasteiger partial charge in [-0.05, 0) is 35.7 Å². The van der Waals surface area contributed by atoms with E-state index in [2.05, 4.69) is 10.2 Å². The number of ketones is 1. The molecule has 1 aliphatic heterocycles. The lowest BCUT2D eigenvalue weighted by molar-refractivity contribution is -0.119. The van der Waals surface area contributed by atoms with Crippen molar-refractivity contribution in [1.82, 2.24) is 10.2 Å². The molecule has 1 N–H and O–H groups in total. The molecule has 7 heteroatoms. The Balaban J connectivity index is 1.36. The number of nitrogens with one attached hydrogen (secondary N) is 1. The molecular weight excluding hydrogens is 402 g/mol. The van der Waals surface area contributed by atoms with Gasteiger partial charge in [0.1, 0.15) is 5.75 Å². The summed E-state index contributed by atoms with van der Waals surface area (Å²) in [4.78, 5) is 26.0. The van der Waals surface area contributed by atoms with Gasteiger partial charge in [0.05, 0.1) is 25.1 Å². The van der Waals surface area contributed by atoms with Crippen molar-refractivity contribution in [2.24, 2.45) is 5.92 Å². The summed E-state index contributed by atoms with van der Waals surface area (Å²) in [5.41, 5.74) is 3.63. The van der Waals surface area contributed by atoms with E-state index in [1.165, 1.54) is 6.92 Å². The lowest BCUT2D eigenvalue weighted by Gasteiger charge is -2.28. The first-order chi connectivity index (χ1) is 14.7. The van der Waals surface area contributed by atoms with Crippen molar-refractivity contribution in [3.05, 3.63) is 64.7 Å². The van der Waals surface area contributed by atoms with Gasteiger partial charge in [0.25, 0.3) is 5.92 Å². The molecule has 0 radical (unpaired) electrons. The molecule has 31 heavy (non-hydrogen) atoms. The standard InChI is InChI=1S/C24H26F2N2O3/c1-15(27-16(2)29)18-5-3-17(4-6-18)11-28-12-19-7-8-21(9-22(19)23(30)13-28)31-14-20-10-24(20,25)26/h3-9,15,20H,10-14H2,1-2H3,(H,27,29)/t15-,20?/m0/s1. The number of fused-ring (bicyclic) bond motifs is 1. The van der Waals surface area contributed by atoms with Gasteiger partial charge in [-0.25, -0.2) is 8.78 Å². The fourth-order valence-electron chi connectivity index (χ4n) is 3.95. The Morgan fingerprint density at radius 2 is 1.94 bits per heavy atom. The summed E-state index contributed by atoms with van der Waals surface area (Å²) < 4.78 is 31.5. The molecule has 4 rings (SSSR count). The molecule has 1 heterocycles. The zero-order valence-corrected chi connectivity index (χ0v) is 17.7. The van der Waals surface area contributed by atoms with Gasteiger partial charge in [0.15, 0.2) is 5.78 Å². The van der Waals surface area contributed by atoms with E-state index in [-0.39, 0.29) is 30.8 Å². The molecule has 0 bridgehead atoms. The molecular formula is C24H26F2N2O3. The quantitative estimate of drug-likeness (QED) is 0.721. The largest absolute Gasteiger partial charge is 0.493 e. The van der Waals surface area contributed by atoms with Gasteiger partial charge in [-0.1, -0.05) is 30.3 Å². The van der Waals surface area contributed by atoms with Gasteiger partial charge in [0.2, 0.25) is 5.91 Å². The normalized spacial score (nSPS) is 20.6. The van der Waals surface area contributed by atoms with Crippen LogP contribution in [0.2, 0.25) is 0 Å². The van der Waals surface area contributed by atoms with E-state index in [1.807, 2.05) is 37.3 Å². The summed E-state index contributed by atoms with van der Waals surface area (Å²) in [7, 11) is 0. The predicted molar refractivity (Wildman–Crippen MR) is 112 cm³/mol. The van der Waals surface area contributed by atoms with E-state index < -0.39 is 11.8 Å². The van der Waals surface area contributed by atoms with Crippen molar-refractivity contribution in [3.63, 3.8) is 0 Å². The first kappa shape index (κ1) is 21.4. The Labute approximate surface area is 180 Å². The van der Waals surface area contributed by atoms with Crippen molar-refractivity contribution < 1.29 is 23.1 Å². The number of nitrogens with zero attached hydrogens (tertiary/aromatic N) is 1. The summed E-state index contributed by atoms with van der Waals surface area (Å²) in [6, 6.07) is 13.2. The van der Waals surface area contributed by atoms with Gasteiger partial charge in [0, 0.05) is 32.0 Å². The summed E-state index contributed by atoms with van der Waals surface area (Å²) in [5, 5.41) is 2.86. The Morgan fingerprint density at radius 1 is 1.23 bits per heavy atom. The van der Waals surface area contributed by atoms with Crippen LogP contribution in [0, 0.1) is 5.92 Å². The number of Topliss-reactive ketones (excluding diaryl/α,β-unsaturated/α-hetero) is 1. The van der Waals surface area contributed by atoms with Crippen LogP contribution >= 0.6 is 0 Å². The van der Waals surface area contributed by atoms with E-state index >= 15 is 0 Å². The fourth-order valence-corrected chi connectivity index (χ4v) is 3.95. The number of ether oxygens (including phenoxy) is 1. The fraction of sp³-hybridized carbons (Fsp3) is 0.417. The number of carbonyl (C=O) groups excluding carboxylic acids is 2. The molecule has 1 aliphatic carbocycles. The lowest BCUT2D eigenvalue weighted by Crippen LogP contribution is -2.34. The minimum Gasteiger partial charge on any atom is -0.493 e. The number of hydrogen-bond donors (Lipinski definition) is 1. The third-order valence-corrected chi connectivity index (χ3v) is 5.86. The van der Waals surface area contributed by atoms with Crippen LogP contribution in [0.1, 0.15) is 53.4 Å². The second-order valence-electron chi connectivity index (χ2n) is 8.52. The SMILES string of the molecule is CC(=O)N[C@@H](C)c1ccc(CN2CC(=O)c3cc(OCC4CC4(F)F)ccc3C2)cc1. The van der Waals surface area contributed by atoms with Crippen LogP contribution in [0.4, 0.5) is 8.78 Å². The molecule has 2 aliphatic rings. The van der Waals surface area contributed by atoms with Crippen molar-refractivity contribution in [3.8, 4) is 5.75 Å². The highest BCUT2D eigenvalue weighted by Gasteiger charge is 2.57. The minimum absolute atomic E-state index is 0.000600. The van der Waals surface area contributed by atoms with Crippen LogP contribution in [-0.4, -0.2) is 35.7 Å². The zero-order chi connectivity index (χ0) is 22.2. The van der Waals surface area contributed by atoms with Gasteiger partial charge < -0.3 is 10.1 Å². The first-order valence-corrected chi connectivity index (χ1v) is 10.5. The second kappa shape index (κ2) is 8.38. The Bertz CT molecular complexity index is 991. The van der Waals surface area contributed by atoms with E-state index in [4.69, 9.17) is 4.74 Å². The molecule has 0 aromatic heterocycles. The van der Waals surface area contributed by atoms with Gasteiger partial charge in [-0.2, -0.15) is 0 Å². The minimum atomic E-state index is -2.61. The highest BCUT2D eigenvalue weighted by atomic mass is 19.3. The van der Waals surface area contributed by atoms with Crippen LogP contribution in [-0.2, 0) is 17.9 Å². The number of alkyl halides is 2. The van der Waals surface area contributed by atoms with Crippen LogP contribution in [0.25, 0.3) is 0 Å². The number of carbonyl (C=O) groups is 2. The zero-order valence-electron chi connectivity index (χ0n) is 17.7. The lowest BCUT2D eigenvalue weighted by atomic mass is 9.97. The summed E-state index contributed by atoms with van der Waals surface area (Å²) in [6.45, 7) is 4.96. The van der Waals surface area contributed by atoms with Gasteiger partial charge in [-0.15, -0.1) is 0 Å². The summed E-state index contributed by atoms with van der Waals surface area (Å²) in [5.74, 6) is -2.93. The highest BCUT2D eigenvalue weighted by Crippen LogP contribution is 2.48. The third-order valence-electron chi connectivity index (χ3n) is 5.86. The molecule has 1 fully saturated rings. The molecule has 0 saturated heterocycles. The molecule has 1 amide bonds. The number of rotatable bonds is 7. The van der Waals surface area contributed by atoms with Crippen molar-refractivity contribution in [2.45, 2.75) is 45.3 Å². The van der Waals surface area contributed by atoms with Crippen LogP contribution in [0.15, 0.2) is 42.5 Å². The maximum Gasteiger partial charge on any atom is 0.255 e.